The Balaban J connectivity index is 1.40. The maximum Gasteiger partial charge on any atom is 0.0998 e. The molecule has 0 radical (unpaired) electrons. The molecule has 0 unspecified atom stereocenters. The van der Waals surface area contributed by atoms with Crippen LogP contribution in [0.1, 0.15) is 11.1 Å². The van der Waals surface area contributed by atoms with E-state index in [1.807, 2.05) is 24.3 Å². The Labute approximate surface area is 334 Å². The Morgan fingerprint density at radius 1 is 0.276 bits per heavy atom. The Kier molecular flexibility index (Phi) is 6.80. The largest absolute Gasteiger partial charge is 0.192 e. The average molecular weight is 731 g/mol. The zero-order chi connectivity index (χ0) is 38.5. The number of nitrogens with zero attached hydrogens (tertiary/aromatic N) is 2. The fourth-order valence-corrected chi connectivity index (χ4v) is 10.0. The van der Waals surface area contributed by atoms with Crippen molar-refractivity contribution in [1.29, 1.82) is 10.5 Å². The van der Waals surface area contributed by atoms with E-state index in [1.54, 1.807) is 0 Å². The molecule has 0 atom stereocenters. The monoisotopic (exact) mass is 730 g/mol. The third-order valence-electron chi connectivity index (χ3n) is 12.4. The van der Waals surface area contributed by atoms with Gasteiger partial charge in [-0.05, 0) is 139 Å². The second kappa shape index (κ2) is 12.2. The summed E-state index contributed by atoms with van der Waals surface area (Å²) >= 11 is 0. The predicted molar refractivity (Wildman–Crippen MR) is 243 cm³/mol. The molecule has 0 aromatic heterocycles. The first-order chi connectivity index (χ1) is 28.7. The molecular weight excluding hydrogens is 701 g/mol. The van der Waals surface area contributed by atoms with Gasteiger partial charge in [-0.25, -0.2) is 0 Å². The number of hydrogen-bond acceptors (Lipinski definition) is 2. The van der Waals surface area contributed by atoms with Crippen molar-refractivity contribution < 1.29 is 0 Å². The Hall–Kier alpha value is -8.04. The van der Waals surface area contributed by atoms with E-state index in [4.69, 9.17) is 0 Å². The van der Waals surface area contributed by atoms with Gasteiger partial charge in [-0.2, -0.15) is 10.5 Å². The molecule has 58 heavy (non-hydrogen) atoms. The normalized spacial score (nSPS) is 11.8. The molecule has 0 aliphatic heterocycles. The van der Waals surface area contributed by atoms with Crippen LogP contribution in [0.3, 0.4) is 0 Å². The Bertz CT molecular complexity index is 3730. The van der Waals surface area contributed by atoms with Crippen molar-refractivity contribution in [2.75, 3.05) is 0 Å². The lowest BCUT2D eigenvalue weighted by Gasteiger charge is -2.21. The van der Waals surface area contributed by atoms with Gasteiger partial charge in [0.1, 0.15) is 0 Å². The van der Waals surface area contributed by atoms with Gasteiger partial charge in [-0.3, -0.25) is 0 Å². The van der Waals surface area contributed by atoms with Crippen LogP contribution in [0.5, 0.6) is 0 Å². The molecule has 0 heterocycles. The molecule has 2 nitrogen and oxygen atoms in total. The molecule has 0 saturated carbocycles. The van der Waals surface area contributed by atoms with Gasteiger partial charge in [0.15, 0.2) is 0 Å². The highest BCUT2D eigenvalue weighted by Crippen LogP contribution is 2.55. The minimum absolute atomic E-state index is 0.619. The lowest BCUT2D eigenvalue weighted by Crippen LogP contribution is -1.95. The van der Waals surface area contributed by atoms with Gasteiger partial charge < -0.3 is 0 Å². The minimum atomic E-state index is 0.619. The van der Waals surface area contributed by atoms with Gasteiger partial charge >= 0.3 is 0 Å². The maximum atomic E-state index is 11.0. The molecule has 12 rings (SSSR count). The van der Waals surface area contributed by atoms with E-state index in [1.165, 1.54) is 32.3 Å². The molecule has 0 fully saturated rings. The van der Waals surface area contributed by atoms with Crippen molar-refractivity contribution in [3.8, 4) is 56.6 Å². The highest BCUT2D eigenvalue weighted by atomic mass is 14.3. The predicted octanol–water partition coefficient (Wildman–Crippen LogP) is 15.0. The Morgan fingerprint density at radius 3 is 1.33 bits per heavy atom. The topological polar surface area (TPSA) is 47.6 Å². The van der Waals surface area contributed by atoms with Gasteiger partial charge in [0.05, 0.1) is 23.3 Å². The van der Waals surface area contributed by atoms with Crippen LogP contribution in [-0.4, -0.2) is 0 Å². The molecule has 12 aromatic carbocycles. The van der Waals surface area contributed by atoms with Crippen LogP contribution in [-0.2, 0) is 0 Å². The van der Waals surface area contributed by atoms with E-state index >= 15 is 0 Å². The molecule has 264 valence electrons. The second-order valence-corrected chi connectivity index (χ2v) is 15.3. The van der Waals surface area contributed by atoms with E-state index < -0.39 is 0 Å². The molecule has 0 aliphatic rings. The third-order valence-corrected chi connectivity index (χ3v) is 12.4. The van der Waals surface area contributed by atoms with Crippen LogP contribution in [0.4, 0.5) is 0 Å². The first kappa shape index (κ1) is 32.2. The van der Waals surface area contributed by atoms with Crippen molar-refractivity contribution in [2.24, 2.45) is 0 Å². The van der Waals surface area contributed by atoms with Crippen molar-refractivity contribution >= 4 is 75.4 Å². The lowest BCUT2D eigenvalue weighted by atomic mass is 9.81. The highest BCUT2D eigenvalue weighted by molar-refractivity contribution is 6.45. The fourth-order valence-electron chi connectivity index (χ4n) is 10.0. The zero-order valence-corrected chi connectivity index (χ0v) is 31.2. The minimum Gasteiger partial charge on any atom is -0.192 e. The lowest BCUT2D eigenvalue weighted by molar-refractivity contribution is 1.48. The fraction of sp³-hybridized carbons (Fsp3) is 0. The van der Waals surface area contributed by atoms with E-state index in [9.17, 15) is 10.5 Å². The van der Waals surface area contributed by atoms with Crippen LogP contribution in [0, 0.1) is 22.7 Å². The third kappa shape index (κ3) is 4.40. The summed E-state index contributed by atoms with van der Waals surface area (Å²) < 4.78 is 0. The molecule has 0 spiro atoms. The molecule has 0 N–H and O–H groups in total. The standard InChI is InChI=1S/C56H30N2/c57-31-38-26-24-36(33-12-3-1-4-13-33)28-46(38)53-49-30-48-41-19-8-7-18-40(41)42-20-11-23-45(51(42)48)52(49)56(47-29-37(25-27-39(47)32-58)34-14-5-2-6-15-34)55-44-22-10-17-35-16-9-21-43(50(35)44)54(53)55/h1-30H. The van der Waals surface area contributed by atoms with E-state index in [-0.39, 0.29) is 0 Å². The number of benzene rings is 10. The van der Waals surface area contributed by atoms with Gasteiger partial charge in [0, 0.05) is 11.1 Å². The van der Waals surface area contributed by atoms with Crippen LogP contribution < -0.4 is 0 Å². The van der Waals surface area contributed by atoms with Crippen molar-refractivity contribution in [2.45, 2.75) is 0 Å². The summed E-state index contributed by atoms with van der Waals surface area (Å²) in [5.41, 5.74) is 9.41. The first-order valence-electron chi connectivity index (χ1n) is 19.6. The van der Waals surface area contributed by atoms with Crippen LogP contribution in [0.2, 0.25) is 0 Å². The molecule has 0 saturated heterocycles. The molecular formula is C56H30N2. The highest BCUT2D eigenvalue weighted by Gasteiger charge is 2.28. The number of nitriles is 2. The van der Waals surface area contributed by atoms with Gasteiger partial charge in [-0.15, -0.1) is 0 Å². The summed E-state index contributed by atoms with van der Waals surface area (Å²) in [5.74, 6) is 0. The van der Waals surface area contributed by atoms with E-state index in [0.717, 1.165) is 87.6 Å². The van der Waals surface area contributed by atoms with Crippen LogP contribution in [0.15, 0.2) is 182 Å². The number of hydrogen-bond donors (Lipinski definition) is 0. The first-order valence-corrected chi connectivity index (χ1v) is 19.6. The van der Waals surface area contributed by atoms with Gasteiger partial charge in [0.2, 0.25) is 0 Å². The average Bonchev–Trinajstić information content (AvgIpc) is 3.80. The van der Waals surface area contributed by atoms with E-state index in [0.29, 0.717) is 11.1 Å². The van der Waals surface area contributed by atoms with E-state index in [2.05, 4.69) is 170 Å². The number of fused-ring (bicyclic) bond motifs is 8. The summed E-state index contributed by atoms with van der Waals surface area (Å²) in [4.78, 5) is 0. The number of rotatable bonds is 4. The van der Waals surface area contributed by atoms with Gasteiger partial charge in [0.25, 0.3) is 0 Å². The van der Waals surface area contributed by atoms with Crippen LogP contribution in [0.25, 0.3) is 120 Å². The molecule has 0 bridgehead atoms. The second-order valence-electron chi connectivity index (χ2n) is 15.3. The summed E-state index contributed by atoms with van der Waals surface area (Å²) in [5, 5.41) is 38.1. The summed E-state index contributed by atoms with van der Waals surface area (Å²) in [6.07, 6.45) is 0. The van der Waals surface area contributed by atoms with Crippen molar-refractivity contribution in [1.82, 2.24) is 0 Å². The van der Waals surface area contributed by atoms with Crippen molar-refractivity contribution in [3.63, 3.8) is 0 Å². The Morgan fingerprint density at radius 2 is 0.741 bits per heavy atom. The summed E-state index contributed by atoms with van der Waals surface area (Å²) in [7, 11) is 0. The summed E-state index contributed by atoms with van der Waals surface area (Å²) in [6, 6.07) is 69.5. The van der Waals surface area contributed by atoms with Crippen molar-refractivity contribution in [3.05, 3.63) is 193 Å². The van der Waals surface area contributed by atoms with Gasteiger partial charge in [-0.1, -0.05) is 152 Å². The SMILES string of the molecule is N#Cc1ccc(-c2ccccc2)cc1-c1c2cc3c4ccccc4c4cccc(c2c(-c2cc(-c5ccccc5)ccc2C#N)c2c5cccc6cccc(c12)c65)c43. The smallest absolute Gasteiger partial charge is 0.0998 e. The molecule has 12 aromatic rings. The maximum absolute atomic E-state index is 11.0. The summed E-state index contributed by atoms with van der Waals surface area (Å²) in [6.45, 7) is 0. The molecule has 2 heteroatoms. The quantitative estimate of drug-likeness (QED) is 0.169. The zero-order valence-electron chi connectivity index (χ0n) is 31.2. The molecule has 0 amide bonds. The van der Waals surface area contributed by atoms with Crippen LogP contribution >= 0.6 is 0 Å². The molecule has 0 aliphatic carbocycles.